The van der Waals surface area contributed by atoms with E-state index in [2.05, 4.69) is 15.4 Å². The summed E-state index contributed by atoms with van der Waals surface area (Å²) in [5.74, 6) is -0.256. The van der Waals surface area contributed by atoms with Crippen LogP contribution in [0.3, 0.4) is 0 Å². The molecular formula is C14H18ClN5O. The predicted molar refractivity (Wildman–Crippen MR) is 82.5 cm³/mol. The van der Waals surface area contributed by atoms with Gasteiger partial charge in [0.05, 0.1) is 16.9 Å². The van der Waals surface area contributed by atoms with Crippen molar-refractivity contribution < 1.29 is 4.79 Å². The van der Waals surface area contributed by atoms with Crippen molar-refractivity contribution in [1.82, 2.24) is 14.8 Å². The number of anilines is 1. The van der Waals surface area contributed by atoms with Gasteiger partial charge in [-0.25, -0.2) is 9.67 Å². The second-order valence-corrected chi connectivity index (χ2v) is 5.56. The van der Waals surface area contributed by atoms with Crippen LogP contribution >= 0.6 is 11.6 Å². The number of carbonyl (C=O) groups is 1. The van der Waals surface area contributed by atoms with Crippen molar-refractivity contribution in [3.05, 3.63) is 35.9 Å². The van der Waals surface area contributed by atoms with Crippen LogP contribution in [0.5, 0.6) is 0 Å². The first-order valence-electron chi connectivity index (χ1n) is 6.69. The Hall–Kier alpha value is -1.92. The lowest BCUT2D eigenvalue weighted by Gasteiger charge is -2.23. The Morgan fingerprint density at radius 3 is 2.90 bits per heavy atom. The van der Waals surface area contributed by atoms with Gasteiger partial charge >= 0.3 is 0 Å². The maximum atomic E-state index is 12.3. The molecule has 0 saturated heterocycles. The van der Waals surface area contributed by atoms with Crippen LogP contribution in [0, 0.1) is 0 Å². The Balaban J connectivity index is 2.31. The van der Waals surface area contributed by atoms with E-state index in [-0.39, 0.29) is 5.91 Å². The summed E-state index contributed by atoms with van der Waals surface area (Å²) >= 11 is 6.01. The zero-order chi connectivity index (χ0) is 15.5. The fraction of sp³-hybridized carbons (Fsp3) is 0.357. The molecule has 112 valence electrons. The molecule has 0 radical (unpaired) electrons. The van der Waals surface area contributed by atoms with E-state index in [0.717, 1.165) is 6.42 Å². The molecule has 1 amide bonds. The van der Waals surface area contributed by atoms with Gasteiger partial charge in [0.25, 0.3) is 0 Å². The first kappa shape index (κ1) is 15.5. The second kappa shape index (κ2) is 6.24. The third-order valence-corrected chi connectivity index (χ3v) is 3.40. The van der Waals surface area contributed by atoms with Crippen molar-refractivity contribution >= 4 is 23.2 Å². The molecule has 1 aromatic carbocycles. The predicted octanol–water partition coefficient (Wildman–Crippen LogP) is 2.38. The van der Waals surface area contributed by atoms with E-state index in [1.54, 1.807) is 36.1 Å². The van der Waals surface area contributed by atoms with Gasteiger partial charge in [0.15, 0.2) is 0 Å². The van der Waals surface area contributed by atoms with Crippen molar-refractivity contribution in [2.45, 2.75) is 32.2 Å². The van der Waals surface area contributed by atoms with Gasteiger partial charge in [-0.05, 0) is 31.5 Å². The van der Waals surface area contributed by atoms with Gasteiger partial charge < -0.3 is 11.1 Å². The van der Waals surface area contributed by atoms with Crippen LogP contribution in [0.15, 0.2) is 30.9 Å². The van der Waals surface area contributed by atoms with E-state index < -0.39 is 5.54 Å². The molecule has 7 heteroatoms. The SMILES string of the molecule is CCCC(C)(N)C(=O)Nc1cc(Cl)ccc1-n1cncn1. The van der Waals surface area contributed by atoms with Crippen LogP contribution < -0.4 is 11.1 Å². The third-order valence-electron chi connectivity index (χ3n) is 3.16. The quantitative estimate of drug-likeness (QED) is 0.888. The molecule has 21 heavy (non-hydrogen) atoms. The van der Waals surface area contributed by atoms with Crippen molar-refractivity contribution in [1.29, 1.82) is 0 Å². The lowest BCUT2D eigenvalue weighted by molar-refractivity contribution is -0.120. The molecule has 0 aliphatic rings. The van der Waals surface area contributed by atoms with Gasteiger partial charge in [-0.2, -0.15) is 5.10 Å². The molecule has 2 rings (SSSR count). The van der Waals surface area contributed by atoms with Crippen molar-refractivity contribution in [2.75, 3.05) is 5.32 Å². The molecule has 6 nitrogen and oxygen atoms in total. The Morgan fingerprint density at radius 1 is 1.52 bits per heavy atom. The van der Waals surface area contributed by atoms with Crippen LogP contribution in [0.4, 0.5) is 5.69 Å². The van der Waals surface area contributed by atoms with Crippen LogP contribution in [-0.2, 0) is 4.79 Å². The number of nitrogens with one attached hydrogen (secondary N) is 1. The van der Waals surface area contributed by atoms with E-state index in [0.29, 0.717) is 22.8 Å². The van der Waals surface area contributed by atoms with Crippen LogP contribution in [0.2, 0.25) is 5.02 Å². The third kappa shape index (κ3) is 3.59. The summed E-state index contributed by atoms with van der Waals surface area (Å²) < 4.78 is 1.56. The largest absolute Gasteiger partial charge is 0.323 e. The fourth-order valence-corrected chi connectivity index (χ4v) is 2.21. The zero-order valence-electron chi connectivity index (χ0n) is 12.0. The molecule has 1 unspecified atom stereocenters. The van der Waals surface area contributed by atoms with E-state index in [1.807, 2.05) is 6.92 Å². The van der Waals surface area contributed by atoms with Crippen LogP contribution in [0.1, 0.15) is 26.7 Å². The molecule has 0 fully saturated rings. The minimum Gasteiger partial charge on any atom is -0.323 e. The monoisotopic (exact) mass is 307 g/mol. The number of hydrogen-bond donors (Lipinski definition) is 2. The first-order chi connectivity index (χ1) is 9.94. The lowest BCUT2D eigenvalue weighted by Crippen LogP contribution is -2.48. The van der Waals surface area contributed by atoms with Gasteiger partial charge in [-0.15, -0.1) is 0 Å². The minimum absolute atomic E-state index is 0.256. The number of nitrogens with zero attached hydrogens (tertiary/aromatic N) is 3. The molecule has 0 bridgehead atoms. The molecule has 0 spiro atoms. The number of aromatic nitrogens is 3. The van der Waals surface area contributed by atoms with Crippen molar-refractivity contribution in [3.8, 4) is 5.69 Å². The topological polar surface area (TPSA) is 85.8 Å². The standard InChI is InChI=1S/C14H18ClN5O/c1-3-6-14(2,16)13(21)19-11-7-10(15)4-5-12(11)20-9-17-8-18-20/h4-5,7-9H,3,6,16H2,1-2H3,(H,19,21). The van der Waals surface area contributed by atoms with Crippen molar-refractivity contribution in [3.63, 3.8) is 0 Å². The molecule has 3 N–H and O–H groups in total. The number of halogens is 1. The van der Waals surface area contributed by atoms with Gasteiger partial charge in [0, 0.05) is 5.02 Å². The number of nitrogens with two attached hydrogens (primary N) is 1. The minimum atomic E-state index is -0.934. The van der Waals surface area contributed by atoms with E-state index in [4.69, 9.17) is 17.3 Å². The number of rotatable bonds is 5. The summed E-state index contributed by atoms with van der Waals surface area (Å²) in [5, 5.41) is 7.41. The number of benzene rings is 1. The Labute approximate surface area is 128 Å². The Bertz CT molecular complexity index is 624. The average Bonchev–Trinajstić information content (AvgIpc) is 2.92. The summed E-state index contributed by atoms with van der Waals surface area (Å²) in [4.78, 5) is 16.2. The first-order valence-corrected chi connectivity index (χ1v) is 7.06. The zero-order valence-corrected chi connectivity index (χ0v) is 12.8. The Kier molecular flexibility index (Phi) is 4.59. The molecule has 1 heterocycles. The van der Waals surface area contributed by atoms with E-state index >= 15 is 0 Å². The number of hydrogen-bond acceptors (Lipinski definition) is 4. The summed E-state index contributed by atoms with van der Waals surface area (Å²) in [5.41, 5.74) is 6.34. The fourth-order valence-electron chi connectivity index (χ4n) is 2.04. The Morgan fingerprint density at radius 2 is 2.29 bits per heavy atom. The van der Waals surface area contributed by atoms with Crippen molar-refractivity contribution in [2.24, 2.45) is 5.73 Å². The highest BCUT2D eigenvalue weighted by Gasteiger charge is 2.27. The van der Waals surface area contributed by atoms with E-state index in [9.17, 15) is 4.79 Å². The smallest absolute Gasteiger partial charge is 0.244 e. The number of carbonyl (C=O) groups excluding carboxylic acids is 1. The summed E-state index contributed by atoms with van der Waals surface area (Å²) in [6, 6.07) is 5.15. The molecular weight excluding hydrogens is 290 g/mol. The highest BCUT2D eigenvalue weighted by atomic mass is 35.5. The average molecular weight is 308 g/mol. The summed E-state index contributed by atoms with van der Waals surface area (Å²) in [7, 11) is 0. The second-order valence-electron chi connectivity index (χ2n) is 5.12. The maximum absolute atomic E-state index is 12.3. The lowest BCUT2D eigenvalue weighted by atomic mass is 9.96. The van der Waals surface area contributed by atoms with Crippen LogP contribution in [0.25, 0.3) is 5.69 Å². The molecule has 0 saturated carbocycles. The molecule has 0 aliphatic heterocycles. The normalized spacial score (nSPS) is 13.7. The van der Waals surface area contributed by atoms with Gasteiger partial charge in [0.2, 0.25) is 5.91 Å². The highest BCUT2D eigenvalue weighted by Crippen LogP contribution is 2.25. The highest BCUT2D eigenvalue weighted by molar-refractivity contribution is 6.31. The van der Waals surface area contributed by atoms with Crippen LogP contribution in [-0.4, -0.2) is 26.2 Å². The molecule has 1 aromatic heterocycles. The summed E-state index contributed by atoms with van der Waals surface area (Å²) in [6.45, 7) is 3.70. The van der Waals surface area contributed by atoms with Gasteiger partial charge in [-0.3, -0.25) is 4.79 Å². The van der Waals surface area contributed by atoms with E-state index in [1.165, 1.54) is 6.33 Å². The van der Waals surface area contributed by atoms with Gasteiger partial charge in [-0.1, -0.05) is 24.9 Å². The maximum Gasteiger partial charge on any atom is 0.244 e. The number of amides is 1. The summed E-state index contributed by atoms with van der Waals surface area (Å²) in [6.07, 6.45) is 4.39. The van der Waals surface area contributed by atoms with Gasteiger partial charge in [0.1, 0.15) is 12.7 Å². The molecule has 1 atom stereocenters. The molecule has 2 aromatic rings. The molecule has 0 aliphatic carbocycles.